The summed E-state index contributed by atoms with van der Waals surface area (Å²) in [6.07, 6.45) is 1.61. The van der Waals surface area contributed by atoms with Gasteiger partial charge < -0.3 is 9.88 Å². The second-order valence-electron chi connectivity index (χ2n) is 4.11. The Labute approximate surface area is 106 Å². The molecule has 96 valence electrons. The minimum absolute atomic E-state index is 0.134. The van der Waals surface area contributed by atoms with Crippen LogP contribution in [0.5, 0.6) is 0 Å². The Morgan fingerprint density at radius 1 is 1.44 bits per heavy atom. The van der Waals surface area contributed by atoms with E-state index in [4.69, 9.17) is 0 Å². The van der Waals surface area contributed by atoms with Gasteiger partial charge in [-0.15, -0.1) is 0 Å². The summed E-state index contributed by atoms with van der Waals surface area (Å²) >= 11 is 0. The van der Waals surface area contributed by atoms with Gasteiger partial charge in [-0.05, 0) is 26.2 Å². The van der Waals surface area contributed by atoms with E-state index in [-0.39, 0.29) is 17.7 Å². The molecule has 1 aromatic rings. The molecule has 0 saturated heterocycles. The highest BCUT2D eigenvalue weighted by Gasteiger charge is 2.09. The van der Waals surface area contributed by atoms with Crippen LogP contribution in [0.15, 0.2) is 23.1 Å². The van der Waals surface area contributed by atoms with Gasteiger partial charge in [-0.2, -0.15) is 0 Å². The van der Waals surface area contributed by atoms with Crippen molar-refractivity contribution in [1.82, 2.24) is 14.8 Å². The zero-order valence-electron chi connectivity index (χ0n) is 10.9. The molecule has 1 heterocycles. The minimum Gasteiger partial charge on any atom is -0.341 e. The highest BCUT2D eigenvalue weighted by atomic mass is 16.2. The maximum absolute atomic E-state index is 11.7. The van der Waals surface area contributed by atoms with Crippen LogP contribution in [0.25, 0.3) is 0 Å². The molecule has 5 nitrogen and oxygen atoms in total. The fourth-order valence-corrected chi connectivity index (χ4v) is 1.27. The summed E-state index contributed by atoms with van der Waals surface area (Å²) in [4.78, 5) is 25.3. The Kier molecular flexibility index (Phi) is 5.15. The van der Waals surface area contributed by atoms with Crippen LogP contribution in [0.4, 0.5) is 0 Å². The van der Waals surface area contributed by atoms with Gasteiger partial charge in [0.2, 0.25) is 0 Å². The summed E-state index contributed by atoms with van der Waals surface area (Å²) in [5, 5.41) is 2.60. The van der Waals surface area contributed by atoms with Crippen LogP contribution in [0, 0.1) is 11.8 Å². The van der Waals surface area contributed by atoms with E-state index in [2.05, 4.69) is 17.2 Å². The van der Waals surface area contributed by atoms with Crippen LogP contribution in [-0.4, -0.2) is 42.6 Å². The first-order valence-electron chi connectivity index (χ1n) is 5.56. The normalized spacial score (nSPS) is 9.78. The highest BCUT2D eigenvalue weighted by Crippen LogP contribution is 1.90. The topological polar surface area (TPSA) is 54.3 Å². The van der Waals surface area contributed by atoms with Gasteiger partial charge in [-0.25, -0.2) is 0 Å². The number of nitrogens with zero attached hydrogens (tertiary/aromatic N) is 2. The number of nitrogens with one attached hydrogen (secondary N) is 1. The summed E-state index contributed by atoms with van der Waals surface area (Å²) in [7, 11) is 5.44. The zero-order chi connectivity index (χ0) is 13.5. The molecule has 0 aliphatic carbocycles. The van der Waals surface area contributed by atoms with Gasteiger partial charge in [-0.1, -0.05) is 11.8 Å². The molecule has 18 heavy (non-hydrogen) atoms. The van der Waals surface area contributed by atoms with E-state index < -0.39 is 5.91 Å². The molecule has 0 bridgehead atoms. The summed E-state index contributed by atoms with van der Waals surface area (Å²) in [6.45, 7) is 0.883. The van der Waals surface area contributed by atoms with Crippen LogP contribution >= 0.6 is 0 Å². The lowest BCUT2D eigenvalue weighted by Crippen LogP contribution is -2.32. The van der Waals surface area contributed by atoms with Crippen molar-refractivity contribution in [1.29, 1.82) is 0 Å². The second kappa shape index (κ2) is 6.62. The number of hydrogen-bond acceptors (Lipinski definition) is 3. The predicted octanol–water partition coefficient (Wildman–Crippen LogP) is -0.320. The molecule has 5 heteroatoms. The summed E-state index contributed by atoms with van der Waals surface area (Å²) in [5.41, 5.74) is -0.175. The molecule has 0 unspecified atom stereocenters. The summed E-state index contributed by atoms with van der Waals surface area (Å²) < 4.78 is 1.37. The van der Waals surface area contributed by atoms with Gasteiger partial charge in [0.25, 0.3) is 11.5 Å². The zero-order valence-corrected chi connectivity index (χ0v) is 10.9. The fourth-order valence-electron chi connectivity index (χ4n) is 1.27. The van der Waals surface area contributed by atoms with Gasteiger partial charge in [0.15, 0.2) is 0 Å². The number of aromatic nitrogens is 1. The van der Waals surface area contributed by atoms with Crippen LogP contribution < -0.4 is 10.9 Å². The third-order valence-corrected chi connectivity index (χ3v) is 2.23. The van der Waals surface area contributed by atoms with E-state index in [0.717, 1.165) is 0 Å². The van der Waals surface area contributed by atoms with E-state index in [1.54, 1.807) is 19.3 Å². The quantitative estimate of drug-likeness (QED) is 0.745. The van der Waals surface area contributed by atoms with Crippen molar-refractivity contribution in [2.24, 2.45) is 7.05 Å². The minimum atomic E-state index is -0.393. The van der Waals surface area contributed by atoms with E-state index in [0.29, 0.717) is 6.54 Å². The molecule has 0 atom stereocenters. The van der Waals surface area contributed by atoms with Crippen LogP contribution in [0.2, 0.25) is 0 Å². The predicted molar refractivity (Wildman–Crippen MR) is 70.3 cm³/mol. The van der Waals surface area contributed by atoms with E-state index in [9.17, 15) is 9.59 Å². The van der Waals surface area contributed by atoms with Crippen LogP contribution in [-0.2, 0) is 7.05 Å². The van der Waals surface area contributed by atoms with Gasteiger partial charge in [0.05, 0.1) is 13.1 Å². The van der Waals surface area contributed by atoms with Crippen LogP contribution in [0.1, 0.15) is 10.4 Å². The number of amides is 1. The van der Waals surface area contributed by atoms with E-state index in [1.807, 2.05) is 19.0 Å². The molecular weight excluding hydrogens is 230 g/mol. The number of rotatable bonds is 3. The summed E-state index contributed by atoms with van der Waals surface area (Å²) in [6, 6.07) is 3.17. The van der Waals surface area contributed by atoms with Crippen molar-refractivity contribution in [3.05, 3.63) is 34.2 Å². The molecule has 0 fully saturated rings. The first kappa shape index (κ1) is 14.0. The Bertz CT molecular complexity index is 535. The molecule has 1 rings (SSSR count). The average Bonchev–Trinajstić information content (AvgIpc) is 2.31. The molecule has 1 N–H and O–H groups in total. The number of hydrogen-bond donors (Lipinski definition) is 1. The first-order valence-corrected chi connectivity index (χ1v) is 5.56. The molecule has 1 amide bonds. The number of carbonyl (C=O) groups is 1. The van der Waals surface area contributed by atoms with Crippen LogP contribution in [0.3, 0.4) is 0 Å². The summed E-state index contributed by atoms with van der Waals surface area (Å²) in [5.74, 6) is 5.32. The fraction of sp³-hybridized carbons (Fsp3) is 0.385. The Morgan fingerprint density at radius 3 is 2.83 bits per heavy atom. The van der Waals surface area contributed by atoms with Crippen molar-refractivity contribution < 1.29 is 4.79 Å². The third kappa shape index (κ3) is 4.07. The standard InChI is InChI=1S/C13H17N3O2/c1-15(2)9-5-4-8-14-12(17)11-7-6-10-16(3)13(11)18/h6-7,10H,8-9H2,1-3H3,(H,14,17). The lowest BCUT2D eigenvalue weighted by atomic mass is 10.2. The lowest BCUT2D eigenvalue weighted by Gasteiger charge is -2.03. The van der Waals surface area contributed by atoms with Gasteiger partial charge in [-0.3, -0.25) is 14.5 Å². The maximum atomic E-state index is 11.7. The molecule has 0 aliphatic rings. The SMILES string of the molecule is CN(C)CC#CCNC(=O)c1cccn(C)c1=O. The average molecular weight is 247 g/mol. The van der Waals surface area contributed by atoms with Gasteiger partial charge in [0.1, 0.15) is 5.56 Å². The number of carbonyl (C=O) groups excluding carboxylic acids is 1. The van der Waals surface area contributed by atoms with Crippen molar-refractivity contribution in [3.8, 4) is 11.8 Å². The number of aryl methyl sites for hydroxylation is 1. The smallest absolute Gasteiger partial charge is 0.263 e. The largest absolute Gasteiger partial charge is 0.341 e. The highest BCUT2D eigenvalue weighted by molar-refractivity contribution is 5.93. The monoisotopic (exact) mass is 247 g/mol. The molecular formula is C13H17N3O2. The lowest BCUT2D eigenvalue weighted by molar-refractivity contribution is 0.0956. The second-order valence-corrected chi connectivity index (χ2v) is 4.11. The molecule has 0 spiro atoms. The van der Waals surface area contributed by atoms with E-state index >= 15 is 0 Å². The molecule has 0 aliphatic heterocycles. The van der Waals surface area contributed by atoms with Crippen molar-refractivity contribution in [2.75, 3.05) is 27.2 Å². The maximum Gasteiger partial charge on any atom is 0.263 e. The molecule has 0 saturated carbocycles. The van der Waals surface area contributed by atoms with Gasteiger partial charge >= 0.3 is 0 Å². The Balaban J connectivity index is 2.58. The van der Waals surface area contributed by atoms with E-state index in [1.165, 1.54) is 10.6 Å². The van der Waals surface area contributed by atoms with Gasteiger partial charge in [0, 0.05) is 13.2 Å². The molecule has 0 aromatic carbocycles. The Hall–Kier alpha value is -2.06. The molecule has 1 aromatic heterocycles. The first-order chi connectivity index (χ1) is 8.52. The van der Waals surface area contributed by atoms with Crippen molar-refractivity contribution in [2.45, 2.75) is 0 Å². The number of pyridine rings is 1. The van der Waals surface area contributed by atoms with Crippen molar-refractivity contribution in [3.63, 3.8) is 0 Å². The molecule has 0 radical (unpaired) electrons. The Morgan fingerprint density at radius 2 is 2.17 bits per heavy atom. The van der Waals surface area contributed by atoms with Crippen molar-refractivity contribution >= 4 is 5.91 Å². The third-order valence-electron chi connectivity index (χ3n) is 2.23.